The lowest BCUT2D eigenvalue weighted by Crippen LogP contribution is -2.18. The van der Waals surface area contributed by atoms with Gasteiger partial charge in [0.25, 0.3) is 0 Å². The summed E-state index contributed by atoms with van der Waals surface area (Å²) >= 11 is 0. The van der Waals surface area contributed by atoms with Crippen molar-refractivity contribution >= 4 is 6.21 Å². The van der Waals surface area contributed by atoms with Crippen molar-refractivity contribution in [2.75, 3.05) is 14.2 Å². The third-order valence-electron chi connectivity index (χ3n) is 4.58. The first-order valence-corrected chi connectivity index (χ1v) is 8.97. The molecule has 3 rings (SSSR count). The van der Waals surface area contributed by atoms with Gasteiger partial charge in [0.15, 0.2) is 0 Å². The fourth-order valence-electron chi connectivity index (χ4n) is 3.05. The summed E-state index contributed by atoms with van der Waals surface area (Å²) in [6.45, 7) is 0. The molecule has 0 bridgehead atoms. The predicted octanol–water partition coefficient (Wildman–Crippen LogP) is 4.27. The summed E-state index contributed by atoms with van der Waals surface area (Å²) in [5, 5.41) is 10.4. The van der Waals surface area contributed by atoms with Gasteiger partial charge in [0.05, 0.1) is 31.9 Å². The van der Waals surface area contributed by atoms with E-state index in [1.54, 1.807) is 12.3 Å². The number of benzene rings is 3. The number of rotatable bonds is 7. The Hall–Kier alpha value is -3.31. The molecule has 3 aromatic carbocycles. The van der Waals surface area contributed by atoms with Crippen molar-refractivity contribution in [2.24, 2.45) is 10.7 Å². The van der Waals surface area contributed by atoms with Crippen molar-refractivity contribution < 1.29 is 14.6 Å². The first-order chi connectivity index (χ1) is 13.6. The Morgan fingerprint density at radius 2 is 1.50 bits per heavy atom. The lowest BCUT2D eigenvalue weighted by Gasteiger charge is -2.21. The molecule has 3 N–H and O–H groups in total. The highest BCUT2D eigenvalue weighted by Crippen LogP contribution is 2.34. The van der Waals surface area contributed by atoms with E-state index < -0.39 is 0 Å². The molecule has 0 fully saturated rings. The molecular formula is C23H24N2O3. The van der Waals surface area contributed by atoms with Crippen molar-refractivity contribution in [1.29, 1.82) is 0 Å². The van der Waals surface area contributed by atoms with Gasteiger partial charge in [-0.1, -0.05) is 60.7 Å². The molecule has 0 aromatic heterocycles. The summed E-state index contributed by atoms with van der Waals surface area (Å²) < 4.78 is 10.6. The molecule has 0 unspecified atom stereocenters. The third-order valence-corrected chi connectivity index (χ3v) is 4.58. The highest BCUT2D eigenvalue weighted by Gasteiger charge is 2.21. The average Bonchev–Trinajstić information content (AvgIpc) is 2.75. The molecular weight excluding hydrogens is 352 g/mol. The second-order valence-electron chi connectivity index (χ2n) is 6.33. The number of nitrogens with zero attached hydrogens (tertiary/aromatic N) is 1. The minimum atomic E-state index is -0.341. The monoisotopic (exact) mass is 376 g/mol. The normalized spacial score (nSPS) is 13.2. The summed E-state index contributed by atoms with van der Waals surface area (Å²) in [4.78, 5) is 4.73. The molecule has 0 saturated heterocycles. The highest BCUT2D eigenvalue weighted by atomic mass is 16.5. The van der Waals surface area contributed by atoms with Crippen LogP contribution < -0.4 is 15.2 Å². The maximum atomic E-state index is 10.4. The summed E-state index contributed by atoms with van der Waals surface area (Å²) in [5.41, 5.74) is 9.01. The summed E-state index contributed by atoms with van der Waals surface area (Å²) in [7, 11) is 3.07. The molecule has 0 spiro atoms. The third kappa shape index (κ3) is 4.32. The van der Waals surface area contributed by atoms with E-state index >= 15 is 0 Å². The molecule has 5 nitrogen and oxygen atoms in total. The largest absolute Gasteiger partial charge is 0.507 e. The van der Waals surface area contributed by atoms with Crippen LogP contribution in [0.3, 0.4) is 0 Å². The topological polar surface area (TPSA) is 77.1 Å². The van der Waals surface area contributed by atoms with E-state index in [2.05, 4.69) is 0 Å². The minimum absolute atomic E-state index is 0.0278. The first kappa shape index (κ1) is 19.5. The summed E-state index contributed by atoms with van der Waals surface area (Å²) in [5.74, 6) is 1.01. The molecule has 2 atom stereocenters. The van der Waals surface area contributed by atoms with E-state index in [1.165, 1.54) is 20.3 Å². The molecule has 28 heavy (non-hydrogen) atoms. The van der Waals surface area contributed by atoms with Crippen LogP contribution in [0.5, 0.6) is 17.2 Å². The molecule has 5 heteroatoms. The van der Waals surface area contributed by atoms with Gasteiger partial charge in [-0.2, -0.15) is 0 Å². The van der Waals surface area contributed by atoms with Gasteiger partial charge in [0.2, 0.25) is 0 Å². The van der Waals surface area contributed by atoms with Crippen molar-refractivity contribution in [3.8, 4) is 17.2 Å². The first-order valence-electron chi connectivity index (χ1n) is 8.97. The molecule has 3 aromatic rings. The van der Waals surface area contributed by atoms with Crippen LogP contribution in [0.4, 0.5) is 0 Å². The van der Waals surface area contributed by atoms with Crippen LogP contribution in [-0.4, -0.2) is 25.5 Å². The van der Waals surface area contributed by atoms with E-state index in [-0.39, 0.29) is 17.8 Å². The van der Waals surface area contributed by atoms with Crippen LogP contribution in [0.15, 0.2) is 77.8 Å². The minimum Gasteiger partial charge on any atom is -0.507 e. The quantitative estimate of drug-likeness (QED) is 0.604. The summed E-state index contributed by atoms with van der Waals surface area (Å²) in [6.07, 6.45) is 1.61. The van der Waals surface area contributed by atoms with Crippen LogP contribution in [0.2, 0.25) is 0 Å². The van der Waals surface area contributed by atoms with Crippen molar-refractivity contribution in [1.82, 2.24) is 0 Å². The molecule has 0 heterocycles. The number of aliphatic imine (C=N–C) groups is 1. The number of hydrogen-bond acceptors (Lipinski definition) is 5. The Morgan fingerprint density at radius 1 is 0.893 bits per heavy atom. The molecule has 0 aliphatic heterocycles. The van der Waals surface area contributed by atoms with Crippen LogP contribution in [0.1, 0.15) is 28.8 Å². The van der Waals surface area contributed by atoms with Gasteiger partial charge < -0.3 is 20.3 Å². The number of ether oxygens (including phenoxy) is 2. The van der Waals surface area contributed by atoms with Crippen molar-refractivity contribution in [3.63, 3.8) is 0 Å². The SMILES string of the molecule is COc1cc(O)c(C=N[C@@H](c2ccccc2)[C@@H](N)c2ccccc2)c(OC)c1. The number of aromatic hydroxyl groups is 1. The van der Waals surface area contributed by atoms with Gasteiger partial charge in [0.1, 0.15) is 17.2 Å². The molecule has 0 aliphatic carbocycles. The van der Waals surface area contributed by atoms with E-state index in [9.17, 15) is 5.11 Å². The van der Waals surface area contributed by atoms with E-state index in [1.807, 2.05) is 60.7 Å². The second kappa shape index (κ2) is 9.06. The van der Waals surface area contributed by atoms with Gasteiger partial charge in [-0.3, -0.25) is 4.99 Å². The van der Waals surface area contributed by atoms with Gasteiger partial charge in [-0.05, 0) is 11.1 Å². The van der Waals surface area contributed by atoms with Crippen LogP contribution in [-0.2, 0) is 0 Å². The Balaban J connectivity index is 2.01. The zero-order chi connectivity index (χ0) is 19.9. The van der Waals surface area contributed by atoms with E-state index in [0.717, 1.165) is 11.1 Å². The van der Waals surface area contributed by atoms with Gasteiger partial charge in [-0.25, -0.2) is 0 Å². The molecule has 144 valence electrons. The van der Waals surface area contributed by atoms with Crippen LogP contribution >= 0.6 is 0 Å². The Labute approximate surface area is 165 Å². The van der Waals surface area contributed by atoms with E-state index in [0.29, 0.717) is 17.1 Å². The lowest BCUT2D eigenvalue weighted by molar-refractivity contribution is 0.384. The number of phenols is 1. The van der Waals surface area contributed by atoms with Crippen molar-refractivity contribution in [3.05, 3.63) is 89.5 Å². The average molecular weight is 376 g/mol. The number of nitrogens with two attached hydrogens (primary N) is 1. The number of methoxy groups -OCH3 is 2. The van der Waals surface area contributed by atoms with Crippen LogP contribution in [0.25, 0.3) is 0 Å². The Kier molecular flexibility index (Phi) is 6.29. The lowest BCUT2D eigenvalue weighted by atomic mass is 9.94. The maximum Gasteiger partial charge on any atom is 0.135 e. The second-order valence-corrected chi connectivity index (χ2v) is 6.33. The predicted molar refractivity (Wildman–Crippen MR) is 111 cm³/mol. The smallest absolute Gasteiger partial charge is 0.135 e. The maximum absolute atomic E-state index is 10.4. The number of hydrogen-bond donors (Lipinski definition) is 2. The fraction of sp³-hybridized carbons (Fsp3) is 0.174. The van der Waals surface area contributed by atoms with Crippen LogP contribution in [0, 0.1) is 0 Å². The van der Waals surface area contributed by atoms with Gasteiger partial charge >= 0.3 is 0 Å². The highest BCUT2D eigenvalue weighted by molar-refractivity contribution is 5.88. The standard InChI is InChI=1S/C23H24N2O3/c1-27-18-13-20(26)19(21(14-18)28-2)15-25-23(17-11-7-4-8-12-17)22(24)16-9-5-3-6-10-16/h3-15,22-23,26H,24H2,1-2H3/t22-,23-/m0/s1. The fourth-order valence-corrected chi connectivity index (χ4v) is 3.05. The van der Waals surface area contributed by atoms with Gasteiger partial charge in [0, 0.05) is 18.3 Å². The molecule has 0 saturated carbocycles. The van der Waals surface area contributed by atoms with Crippen molar-refractivity contribution in [2.45, 2.75) is 12.1 Å². The van der Waals surface area contributed by atoms with E-state index in [4.69, 9.17) is 20.2 Å². The molecule has 0 amide bonds. The Morgan fingerprint density at radius 3 is 2.07 bits per heavy atom. The van der Waals surface area contributed by atoms with Gasteiger partial charge in [-0.15, -0.1) is 0 Å². The number of phenolic OH excluding ortho intramolecular Hbond substituents is 1. The zero-order valence-electron chi connectivity index (χ0n) is 15.9. The zero-order valence-corrected chi connectivity index (χ0v) is 15.9. The Bertz CT molecular complexity index is 927. The molecule has 0 radical (unpaired) electrons. The summed E-state index contributed by atoms with van der Waals surface area (Å²) in [6, 6.07) is 22.3. The molecule has 0 aliphatic rings.